The van der Waals surface area contributed by atoms with Crippen LogP contribution in [0.15, 0.2) is 47.4 Å². The van der Waals surface area contributed by atoms with Gasteiger partial charge in [-0.1, -0.05) is 13.0 Å². The maximum absolute atomic E-state index is 12.3. The van der Waals surface area contributed by atoms with Gasteiger partial charge in [-0.05, 0) is 85.7 Å². The molecule has 0 bridgehead atoms. The van der Waals surface area contributed by atoms with Crippen LogP contribution in [0.5, 0.6) is 5.75 Å². The molecule has 0 saturated heterocycles. The van der Waals surface area contributed by atoms with Gasteiger partial charge >= 0.3 is 6.09 Å². The van der Waals surface area contributed by atoms with Crippen molar-refractivity contribution in [3.05, 3.63) is 64.7 Å². The third-order valence-electron chi connectivity index (χ3n) is 4.00. The van der Waals surface area contributed by atoms with Crippen LogP contribution >= 0.6 is 11.8 Å². The molecule has 0 aliphatic carbocycles. The zero-order valence-corrected chi connectivity index (χ0v) is 17.0. The highest BCUT2D eigenvalue weighted by molar-refractivity contribution is 7.98. The van der Waals surface area contributed by atoms with Gasteiger partial charge in [0.25, 0.3) is 0 Å². The maximum atomic E-state index is 12.3. The minimum Gasteiger partial charge on any atom is -0.410 e. The highest BCUT2D eigenvalue weighted by Crippen LogP contribution is 2.26. The number of amides is 1. The number of ether oxygens (including phenoxy) is 1. The summed E-state index contributed by atoms with van der Waals surface area (Å²) in [6.07, 6.45) is 5.76. The first-order valence-electron chi connectivity index (χ1n) is 8.88. The van der Waals surface area contributed by atoms with Gasteiger partial charge in [-0.15, -0.1) is 11.8 Å². The molecule has 0 aromatic heterocycles. The van der Waals surface area contributed by atoms with Crippen LogP contribution in [-0.2, 0) is 0 Å². The molecule has 142 valence electrons. The second kappa shape index (κ2) is 9.97. The van der Waals surface area contributed by atoms with Crippen LogP contribution in [0.2, 0.25) is 0 Å². The lowest BCUT2D eigenvalue weighted by atomic mass is 10.0. The third kappa shape index (κ3) is 6.00. The van der Waals surface area contributed by atoms with Crippen LogP contribution in [0.1, 0.15) is 40.4 Å². The van der Waals surface area contributed by atoms with E-state index in [1.54, 1.807) is 23.9 Å². The number of benzene rings is 2. The SMILES string of the molecule is CCCNC(=O)Oc1c(C)cc(/C=C/C(=O)c2ccc(SC)cc2)cc1C. The van der Waals surface area contributed by atoms with E-state index in [2.05, 4.69) is 5.32 Å². The molecule has 4 nitrogen and oxygen atoms in total. The molecule has 2 rings (SSSR count). The minimum absolute atomic E-state index is 0.0442. The summed E-state index contributed by atoms with van der Waals surface area (Å²) in [6, 6.07) is 11.3. The van der Waals surface area contributed by atoms with Crippen molar-refractivity contribution in [3.63, 3.8) is 0 Å². The van der Waals surface area contributed by atoms with Gasteiger partial charge in [-0.25, -0.2) is 4.79 Å². The lowest BCUT2D eigenvalue weighted by molar-refractivity contribution is 0.104. The van der Waals surface area contributed by atoms with Gasteiger partial charge in [0.05, 0.1) is 0 Å². The lowest BCUT2D eigenvalue weighted by Gasteiger charge is -2.12. The fourth-order valence-corrected chi connectivity index (χ4v) is 3.03. The molecule has 1 N–H and O–H groups in total. The molecule has 5 heteroatoms. The number of carbonyl (C=O) groups excluding carboxylic acids is 2. The van der Waals surface area contributed by atoms with Gasteiger partial charge < -0.3 is 10.1 Å². The molecule has 27 heavy (non-hydrogen) atoms. The molecule has 0 aliphatic heterocycles. The van der Waals surface area contributed by atoms with Gasteiger partial charge in [0.15, 0.2) is 5.78 Å². The Morgan fingerprint density at radius 3 is 2.30 bits per heavy atom. The van der Waals surface area contributed by atoms with Crippen molar-refractivity contribution >= 4 is 29.7 Å². The van der Waals surface area contributed by atoms with E-state index in [1.807, 2.05) is 63.4 Å². The second-order valence-electron chi connectivity index (χ2n) is 6.23. The van der Waals surface area contributed by atoms with Gasteiger partial charge in [0.2, 0.25) is 0 Å². The summed E-state index contributed by atoms with van der Waals surface area (Å²) in [5, 5.41) is 2.69. The van der Waals surface area contributed by atoms with Crippen LogP contribution in [0, 0.1) is 13.8 Å². The molecule has 0 aliphatic rings. The molecule has 0 heterocycles. The van der Waals surface area contributed by atoms with Crippen LogP contribution in [0.25, 0.3) is 6.08 Å². The molecular formula is C22H25NO3S. The Hall–Kier alpha value is -2.53. The van der Waals surface area contributed by atoms with Crippen molar-refractivity contribution in [3.8, 4) is 5.75 Å². The molecule has 0 saturated carbocycles. The maximum Gasteiger partial charge on any atom is 0.412 e. The van der Waals surface area contributed by atoms with E-state index in [4.69, 9.17) is 4.74 Å². The standard InChI is InChI=1S/C22H25NO3S/c1-5-12-23-22(25)26-21-15(2)13-17(14-16(21)3)6-11-20(24)18-7-9-19(27-4)10-8-18/h6-11,13-14H,5,12H2,1-4H3,(H,23,25)/b11-6+. The molecule has 0 spiro atoms. The predicted octanol–water partition coefficient (Wildman–Crippen LogP) is 5.42. The molecule has 2 aromatic rings. The summed E-state index contributed by atoms with van der Waals surface area (Å²) >= 11 is 1.64. The van der Waals surface area contributed by atoms with E-state index in [-0.39, 0.29) is 5.78 Å². The number of hydrogen-bond donors (Lipinski definition) is 1. The van der Waals surface area contributed by atoms with Crippen molar-refractivity contribution in [1.82, 2.24) is 5.32 Å². The Morgan fingerprint density at radius 1 is 1.11 bits per heavy atom. The van der Waals surface area contributed by atoms with Crippen LogP contribution in [0.4, 0.5) is 4.79 Å². The first-order valence-corrected chi connectivity index (χ1v) is 10.1. The first kappa shape index (κ1) is 20.8. The average molecular weight is 384 g/mol. The van der Waals surface area contributed by atoms with E-state index in [9.17, 15) is 9.59 Å². The second-order valence-corrected chi connectivity index (χ2v) is 7.11. The van der Waals surface area contributed by atoms with Crippen LogP contribution < -0.4 is 10.1 Å². The number of carbonyl (C=O) groups is 2. The van der Waals surface area contributed by atoms with Crippen molar-refractivity contribution in [2.75, 3.05) is 12.8 Å². The number of ketones is 1. The highest BCUT2D eigenvalue weighted by Gasteiger charge is 2.10. The number of thioether (sulfide) groups is 1. The van der Waals surface area contributed by atoms with E-state index >= 15 is 0 Å². The fourth-order valence-electron chi connectivity index (χ4n) is 2.62. The van der Waals surface area contributed by atoms with Gasteiger partial charge in [-0.2, -0.15) is 0 Å². The number of hydrogen-bond acceptors (Lipinski definition) is 4. The largest absolute Gasteiger partial charge is 0.412 e. The number of rotatable bonds is 7. The molecular weight excluding hydrogens is 358 g/mol. The zero-order chi connectivity index (χ0) is 19.8. The monoisotopic (exact) mass is 383 g/mol. The Bertz CT molecular complexity index is 818. The average Bonchev–Trinajstić information content (AvgIpc) is 2.67. The smallest absolute Gasteiger partial charge is 0.410 e. The molecule has 2 aromatic carbocycles. The third-order valence-corrected chi connectivity index (χ3v) is 4.74. The normalized spacial score (nSPS) is 10.8. The summed E-state index contributed by atoms with van der Waals surface area (Å²) in [7, 11) is 0. The summed E-state index contributed by atoms with van der Waals surface area (Å²) in [5.41, 5.74) is 3.24. The molecule has 0 unspecified atom stereocenters. The topological polar surface area (TPSA) is 55.4 Å². The first-order chi connectivity index (χ1) is 12.9. The predicted molar refractivity (Wildman–Crippen MR) is 112 cm³/mol. The van der Waals surface area contributed by atoms with E-state index in [0.717, 1.165) is 28.0 Å². The minimum atomic E-state index is -0.449. The van der Waals surface area contributed by atoms with E-state index in [1.165, 1.54) is 0 Å². The molecule has 0 fully saturated rings. The summed E-state index contributed by atoms with van der Waals surface area (Å²) in [5.74, 6) is 0.511. The Balaban J connectivity index is 2.11. The van der Waals surface area contributed by atoms with Crippen LogP contribution in [0.3, 0.4) is 0 Å². The number of nitrogens with one attached hydrogen (secondary N) is 1. The fraction of sp³-hybridized carbons (Fsp3) is 0.273. The summed E-state index contributed by atoms with van der Waals surface area (Å²) < 4.78 is 5.41. The highest BCUT2D eigenvalue weighted by atomic mass is 32.2. The molecule has 1 amide bonds. The molecule has 0 radical (unpaired) electrons. The Labute approximate surface area is 165 Å². The quantitative estimate of drug-likeness (QED) is 0.394. The number of allylic oxidation sites excluding steroid dienone is 1. The van der Waals surface area contributed by atoms with Gasteiger partial charge in [0, 0.05) is 17.0 Å². The summed E-state index contributed by atoms with van der Waals surface area (Å²) in [6.45, 7) is 6.33. The van der Waals surface area contributed by atoms with Crippen molar-refractivity contribution in [2.24, 2.45) is 0 Å². The van der Waals surface area contributed by atoms with E-state index in [0.29, 0.717) is 17.9 Å². The Morgan fingerprint density at radius 2 is 1.74 bits per heavy atom. The van der Waals surface area contributed by atoms with Crippen molar-refractivity contribution in [1.29, 1.82) is 0 Å². The number of aryl methyl sites for hydroxylation is 2. The van der Waals surface area contributed by atoms with E-state index < -0.39 is 6.09 Å². The van der Waals surface area contributed by atoms with Gasteiger partial charge in [0.1, 0.15) is 5.75 Å². The molecule has 0 atom stereocenters. The Kier molecular flexibility index (Phi) is 7.67. The van der Waals surface area contributed by atoms with Crippen LogP contribution in [-0.4, -0.2) is 24.7 Å². The van der Waals surface area contributed by atoms with Crippen molar-refractivity contribution < 1.29 is 14.3 Å². The zero-order valence-electron chi connectivity index (χ0n) is 16.2. The lowest BCUT2D eigenvalue weighted by Crippen LogP contribution is -2.27. The van der Waals surface area contributed by atoms with Gasteiger partial charge in [-0.3, -0.25) is 4.79 Å². The summed E-state index contributed by atoms with van der Waals surface area (Å²) in [4.78, 5) is 25.2. The van der Waals surface area contributed by atoms with Crippen molar-refractivity contribution in [2.45, 2.75) is 32.1 Å².